The minimum absolute atomic E-state index is 0.122. The standard InChI is InChI=1S/C26H32ClN3O4/c1-3-15(2)30-22(24(32)29-17-7-5-4-6-8-17)26-14-13-19(34-26)20(21(26)25(30)33)23(31)28-18-11-9-16(27)10-12-18/h9-15,17,19-22H,3-8H2,1-2H3,(H,28,31)(H,29,32)/t15-,19+,20-,21+,22-,26-/m0/s1. The Bertz CT molecular complexity index is 1010. The highest BCUT2D eigenvalue weighted by molar-refractivity contribution is 6.30. The first kappa shape index (κ1) is 23.4. The van der Waals surface area contributed by atoms with Crippen LogP contribution in [0.4, 0.5) is 5.69 Å². The molecule has 2 saturated heterocycles. The van der Waals surface area contributed by atoms with Crippen LogP contribution in [0.5, 0.6) is 0 Å². The highest BCUT2D eigenvalue weighted by Crippen LogP contribution is 2.55. The first-order valence-electron chi connectivity index (χ1n) is 12.4. The maximum absolute atomic E-state index is 13.8. The maximum atomic E-state index is 13.8. The number of nitrogens with one attached hydrogen (secondary N) is 2. The molecule has 182 valence electrons. The molecule has 1 aliphatic carbocycles. The van der Waals surface area contributed by atoms with Gasteiger partial charge in [0.15, 0.2) is 0 Å². The first-order chi connectivity index (χ1) is 16.4. The summed E-state index contributed by atoms with van der Waals surface area (Å²) < 4.78 is 6.38. The Kier molecular flexibility index (Phi) is 6.19. The lowest BCUT2D eigenvalue weighted by molar-refractivity contribution is -0.143. The van der Waals surface area contributed by atoms with E-state index < -0.39 is 29.6 Å². The number of hydrogen-bond acceptors (Lipinski definition) is 4. The summed E-state index contributed by atoms with van der Waals surface area (Å²) in [6.45, 7) is 3.95. The molecule has 0 aromatic heterocycles. The van der Waals surface area contributed by atoms with E-state index in [4.69, 9.17) is 16.3 Å². The number of rotatable bonds is 6. The zero-order valence-corrected chi connectivity index (χ0v) is 20.4. The van der Waals surface area contributed by atoms with Crippen LogP contribution in [0.1, 0.15) is 52.4 Å². The van der Waals surface area contributed by atoms with Crippen molar-refractivity contribution >= 4 is 35.0 Å². The predicted molar refractivity (Wildman–Crippen MR) is 129 cm³/mol. The van der Waals surface area contributed by atoms with Gasteiger partial charge in [-0.25, -0.2) is 0 Å². The number of likely N-dealkylation sites (tertiary alicyclic amines) is 1. The number of nitrogens with zero attached hydrogens (tertiary/aromatic N) is 1. The third-order valence-electron chi connectivity index (χ3n) is 7.99. The van der Waals surface area contributed by atoms with Crippen LogP contribution >= 0.6 is 11.6 Å². The Morgan fingerprint density at radius 2 is 1.88 bits per heavy atom. The fourth-order valence-electron chi connectivity index (χ4n) is 6.16. The van der Waals surface area contributed by atoms with Crippen molar-refractivity contribution in [2.45, 2.75) is 82.2 Å². The van der Waals surface area contributed by atoms with E-state index in [-0.39, 0.29) is 29.8 Å². The van der Waals surface area contributed by atoms with E-state index in [0.29, 0.717) is 17.1 Å². The molecule has 3 aliphatic heterocycles. The average Bonchev–Trinajstić information content (AvgIpc) is 3.48. The third-order valence-corrected chi connectivity index (χ3v) is 8.24. The Labute approximate surface area is 205 Å². The molecule has 2 N–H and O–H groups in total. The van der Waals surface area contributed by atoms with Gasteiger partial charge in [-0.15, -0.1) is 0 Å². The topological polar surface area (TPSA) is 87.7 Å². The van der Waals surface area contributed by atoms with E-state index in [1.165, 1.54) is 6.42 Å². The van der Waals surface area contributed by atoms with Crippen molar-refractivity contribution in [1.29, 1.82) is 0 Å². The lowest BCUT2D eigenvalue weighted by Gasteiger charge is -2.36. The molecule has 34 heavy (non-hydrogen) atoms. The molecule has 5 rings (SSSR count). The molecular weight excluding hydrogens is 454 g/mol. The van der Waals surface area contributed by atoms with Crippen LogP contribution in [0.3, 0.4) is 0 Å². The fourth-order valence-corrected chi connectivity index (χ4v) is 6.29. The second-order valence-corrected chi connectivity index (χ2v) is 10.5. The molecule has 1 aromatic rings. The smallest absolute Gasteiger partial charge is 0.246 e. The molecule has 3 amide bonds. The van der Waals surface area contributed by atoms with E-state index in [1.54, 1.807) is 29.2 Å². The molecule has 6 atom stereocenters. The highest BCUT2D eigenvalue weighted by atomic mass is 35.5. The van der Waals surface area contributed by atoms with Gasteiger partial charge in [0, 0.05) is 22.8 Å². The lowest BCUT2D eigenvalue weighted by Crippen LogP contribution is -2.58. The molecule has 3 fully saturated rings. The molecule has 0 unspecified atom stereocenters. The van der Waals surface area contributed by atoms with Crippen LogP contribution in [0.25, 0.3) is 0 Å². The largest absolute Gasteiger partial charge is 0.359 e. The molecule has 1 spiro atoms. The Morgan fingerprint density at radius 1 is 1.18 bits per heavy atom. The van der Waals surface area contributed by atoms with Crippen LogP contribution in [-0.2, 0) is 19.1 Å². The summed E-state index contributed by atoms with van der Waals surface area (Å²) in [5, 5.41) is 6.69. The summed E-state index contributed by atoms with van der Waals surface area (Å²) in [7, 11) is 0. The van der Waals surface area contributed by atoms with Gasteiger partial charge < -0.3 is 20.3 Å². The fraction of sp³-hybridized carbons (Fsp3) is 0.577. The minimum atomic E-state index is -1.12. The molecule has 3 heterocycles. The van der Waals surface area contributed by atoms with E-state index in [1.807, 2.05) is 26.0 Å². The molecule has 2 bridgehead atoms. The van der Waals surface area contributed by atoms with E-state index >= 15 is 0 Å². The SMILES string of the molecule is CC[C@H](C)N1C(=O)[C@H]2[C@@H](C(=O)Nc3ccc(Cl)cc3)[C@H]3C=C[C@@]2(O3)[C@@H]1C(=O)NC1CCCCC1. The Hall–Kier alpha value is -2.38. The number of ether oxygens (including phenoxy) is 1. The van der Waals surface area contributed by atoms with Gasteiger partial charge in [-0.1, -0.05) is 49.9 Å². The number of amides is 3. The lowest BCUT2D eigenvalue weighted by atomic mass is 9.74. The maximum Gasteiger partial charge on any atom is 0.246 e. The second-order valence-electron chi connectivity index (χ2n) is 10.0. The molecule has 4 aliphatic rings. The van der Waals surface area contributed by atoms with Crippen LogP contribution in [0, 0.1) is 11.8 Å². The molecular formula is C26H32ClN3O4. The van der Waals surface area contributed by atoms with Gasteiger partial charge in [0.1, 0.15) is 11.6 Å². The first-order valence-corrected chi connectivity index (χ1v) is 12.8. The Balaban J connectivity index is 1.44. The van der Waals surface area contributed by atoms with Gasteiger partial charge in [0.05, 0.1) is 17.9 Å². The van der Waals surface area contributed by atoms with Gasteiger partial charge in [-0.2, -0.15) is 0 Å². The Morgan fingerprint density at radius 3 is 2.56 bits per heavy atom. The van der Waals surface area contributed by atoms with E-state index in [0.717, 1.165) is 25.7 Å². The predicted octanol–water partition coefficient (Wildman–Crippen LogP) is 3.68. The van der Waals surface area contributed by atoms with Gasteiger partial charge in [0.2, 0.25) is 17.7 Å². The number of carbonyl (C=O) groups excluding carboxylic acids is 3. The molecule has 8 heteroatoms. The van der Waals surface area contributed by atoms with Crippen molar-refractivity contribution in [1.82, 2.24) is 10.2 Å². The van der Waals surface area contributed by atoms with Gasteiger partial charge in [-0.05, 0) is 50.5 Å². The van der Waals surface area contributed by atoms with Crippen molar-refractivity contribution in [2.24, 2.45) is 11.8 Å². The van der Waals surface area contributed by atoms with Crippen LogP contribution in [0.2, 0.25) is 5.02 Å². The van der Waals surface area contributed by atoms with Crippen LogP contribution < -0.4 is 10.6 Å². The van der Waals surface area contributed by atoms with Crippen LogP contribution in [0.15, 0.2) is 36.4 Å². The number of halogens is 1. The summed E-state index contributed by atoms with van der Waals surface area (Å²) in [6.07, 6.45) is 9.18. The summed E-state index contributed by atoms with van der Waals surface area (Å²) >= 11 is 5.96. The summed E-state index contributed by atoms with van der Waals surface area (Å²) in [4.78, 5) is 42.6. The summed E-state index contributed by atoms with van der Waals surface area (Å²) in [6, 6.07) is 6.05. The molecule has 1 saturated carbocycles. The number of benzene rings is 1. The normalized spacial score (nSPS) is 33.1. The van der Waals surface area contributed by atoms with Crippen molar-refractivity contribution in [3.8, 4) is 0 Å². The highest BCUT2D eigenvalue weighted by Gasteiger charge is 2.73. The zero-order chi connectivity index (χ0) is 24.0. The van der Waals surface area contributed by atoms with E-state index in [9.17, 15) is 14.4 Å². The van der Waals surface area contributed by atoms with Gasteiger partial charge in [0.25, 0.3) is 0 Å². The second kappa shape index (κ2) is 9.00. The van der Waals surface area contributed by atoms with Gasteiger partial charge >= 0.3 is 0 Å². The van der Waals surface area contributed by atoms with E-state index in [2.05, 4.69) is 10.6 Å². The summed E-state index contributed by atoms with van der Waals surface area (Å²) in [5.41, 5.74) is -0.516. The minimum Gasteiger partial charge on any atom is -0.359 e. The van der Waals surface area contributed by atoms with Crippen LogP contribution in [-0.4, -0.2) is 52.5 Å². The summed E-state index contributed by atoms with van der Waals surface area (Å²) in [5.74, 6) is -2.07. The quantitative estimate of drug-likeness (QED) is 0.602. The van der Waals surface area contributed by atoms with Crippen molar-refractivity contribution in [3.05, 3.63) is 41.4 Å². The molecule has 7 nitrogen and oxygen atoms in total. The average molecular weight is 486 g/mol. The van der Waals surface area contributed by atoms with Crippen molar-refractivity contribution in [2.75, 3.05) is 5.32 Å². The number of carbonyl (C=O) groups is 3. The van der Waals surface area contributed by atoms with Gasteiger partial charge in [-0.3, -0.25) is 14.4 Å². The zero-order valence-electron chi connectivity index (χ0n) is 19.6. The number of fused-ring (bicyclic) bond motifs is 1. The molecule has 0 radical (unpaired) electrons. The third kappa shape index (κ3) is 3.73. The number of hydrogen-bond donors (Lipinski definition) is 2. The van der Waals surface area contributed by atoms with Crippen molar-refractivity contribution < 1.29 is 19.1 Å². The number of anilines is 1. The molecule has 1 aromatic carbocycles. The van der Waals surface area contributed by atoms with Crippen molar-refractivity contribution in [3.63, 3.8) is 0 Å². The monoisotopic (exact) mass is 485 g/mol.